The third kappa shape index (κ3) is 1.87. The molecule has 0 aromatic carbocycles. The molecule has 0 unspecified atom stereocenters. The van der Waals surface area contributed by atoms with Crippen molar-refractivity contribution in [2.24, 2.45) is 0 Å². The van der Waals surface area contributed by atoms with Gasteiger partial charge in [-0.3, -0.25) is 4.68 Å². The van der Waals surface area contributed by atoms with Crippen LogP contribution in [0.3, 0.4) is 0 Å². The van der Waals surface area contributed by atoms with Crippen molar-refractivity contribution in [2.45, 2.75) is 6.54 Å². The number of nitrogens with zero attached hydrogens (tertiary/aromatic N) is 3. The Labute approximate surface area is 81.0 Å². The van der Waals surface area contributed by atoms with Gasteiger partial charge >= 0.3 is 0 Å². The van der Waals surface area contributed by atoms with Crippen molar-refractivity contribution in [3.8, 4) is 0 Å². The third-order valence-electron chi connectivity index (χ3n) is 1.73. The highest BCUT2D eigenvalue weighted by atomic mass is 35.5. The van der Waals surface area contributed by atoms with Crippen molar-refractivity contribution in [3.63, 3.8) is 0 Å². The average molecular weight is 194 g/mol. The van der Waals surface area contributed by atoms with E-state index in [0.717, 1.165) is 5.56 Å². The first-order chi connectivity index (χ1) is 6.36. The first-order valence-electron chi connectivity index (χ1n) is 3.93. The Morgan fingerprint density at radius 2 is 2.23 bits per heavy atom. The summed E-state index contributed by atoms with van der Waals surface area (Å²) in [5.74, 6) is 0. The van der Waals surface area contributed by atoms with E-state index in [0.29, 0.717) is 11.7 Å². The molecule has 4 heteroatoms. The molecule has 0 amide bonds. The second-order valence-corrected chi connectivity index (χ2v) is 3.01. The lowest BCUT2D eigenvalue weighted by molar-refractivity contribution is 0.685. The molecule has 0 saturated heterocycles. The van der Waals surface area contributed by atoms with Crippen molar-refractivity contribution < 1.29 is 0 Å². The maximum atomic E-state index is 5.89. The maximum Gasteiger partial charge on any atom is 0.134 e. The van der Waals surface area contributed by atoms with Crippen LogP contribution in [0.25, 0.3) is 0 Å². The molecule has 0 spiro atoms. The number of rotatable bonds is 2. The highest BCUT2D eigenvalue weighted by Crippen LogP contribution is 2.12. The fourth-order valence-corrected chi connectivity index (χ4v) is 1.28. The topological polar surface area (TPSA) is 30.7 Å². The molecule has 0 fully saturated rings. The summed E-state index contributed by atoms with van der Waals surface area (Å²) in [6.07, 6.45) is 5.31. The number of halogens is 1. The normalized spacial score (nSPS) is 10.2. The van der Waals surface area contributed by atoms with Gasteiger partial charge in [-0.05, 0) is 12.1 Å². The van der Waals surface area contributed by atoms with E-state index >= 15 is 0 Å². The Morgan fingerprint density at radius 1 is 1.31 bits per heavy atom. The van der Waals surface area contributed by atoms with Crippen LogP contribution in [0.15, 0.2) is 36.8 Å². The van der Waals surface area contributed by atoms with E-state index in [1.165, 1.54) is 0 Å². The van der Waals surface area contributed by atoms with Gasteiger partial charge in [-0.25, -0.2) is 4.98 Å². The number of pyridine rings is 1. The van der Waals surface area contributed by atoms with Gasteiger partial charge in [-0.2, -0.15) is 5.10 Å². The maximum absolute atomic E-state index is 5.89. The summed E-state index contributed by atoms with van der Waals surface area (Å²) < 4.78 is 1.81. The van der Waals surface area contributed by atoms with Crippen molar-refractivity contribution in [1.29, 1.82) is 0 Å². The van der Waals surface area contributed by atoms with Crippen LogP contribution < -0.4 is 0 Å². The summed E-state index contributed by atoms with van der Waals surface area (Å²) in [5, 5.41) is 4.62. The van der Waals surface area contributed by atoms with Crippen LogP contribution >= 0.6 is 11.6 Å². The van der Waals surface area contributed by atoms with E-state index < -0.39 is 0 Å². The largest absolute Gasteiger partial charge is 0.268 e. The predicted molar refractivity (Wildman–Crippen MR) is 50.6 cm³/mol. The molecule has 2 heterocycles. The molecule has 0 aliphatic heterocycles. The summed E-state index contributed by atoms with van der Waals surface area (Å²) in [6.45, 7) is 0.666. The van der Waals surface area contributed by atoms with Crippen molar-refractivity contribution in [3.05, 3.63) is 47.5 Å². The van der Waals surface area contributed by atoms with E-state index in [1.54, 1.807) is 12.4 Å². The molecule has 2 aromatic rings. The zero-order valence-corrected chi connectivity index (χ0v) is 7.65. The van der Waals surface area contributed by atoms with Gasteiger partial charge in [-0.1, -0.05) is 17.7 Å². The van der Waals surface area contributed by atoms with Gasteiger partial charge in [-0.15, -0.1) is 0 Å². The average Bonchev–Trinajstić information content (AvgIpc) is 2.61. The molecule has 66 valence electrons. The lowest BCUT2D eigenvalue weighted by atomic mass is 10.3. The van der Waals surface area contributed by atoms with Gasteiger partial charge in [0.15, 0.2) is 0 Å². The van der Waals surface area contributed by atoms with Crippen LogP contribution in [0.2, 0.25) is 5.15 Å². The minimum atomic E-state index is 0.540. The van der Waals surface area contributed by atoms with Gasteiger partial charge < -0.3 is 0 Å². The molecule has 0 radical (unpaired) electrons. The molecule has 3 nitrogen and oxygen atoms in total. The van der Waals surface area contributed by atoms with Gasteiger partial charge in [0.05, 0.1) is 6.54 Å². The summed E-state index contributed by atoms with van der Waals surface area (Å²) >= 11 is 5.89. The van der Waals surface area contributed by atoms with E-state index in [9.17, 15) is 0 Å². The fourth-order valence-electron chi connectivity index (χ4n) is 1.11. The summed E-state index contributed by atoms with van der Waals surface area (Å²) in [5.41, 5.74) is 0.980. The molecule has 0 atom stereocenters. The molecule has 0 saturated carbocycles. The van der Waals surface area contributed by atoms with Crippen LogP contribution in [0, 0.1) is 0 Å². The Balaban J connectivity index is 2.24. The number of hydrogen-bond donors (Lipinski definition) is 0. The second-order valence-electron chi connectivity index (χ2n) is 2.66. The lowest BCUT2D eigenvalue weighted by Crippen LogP contribution is -2.00. The van der Waals surface area contributed by atoms with Gasteiger partial charge in [0.25, 0.3) is 0 Å². The zero-order chi connectivity index (χ0) is 9.10. The number of hydrogen-bond acceptors (Lipinski definition) is 2. The van der Waals surface area contributed by atoms with Crippen LogP contribution in [-0.4, -0.2) is 14.8 Å². The molecule has 2 rings (SSSR count). The van der Waals surface area contributed by atoms with Gasteiger partial charge in [0.1, 0.15) is 5.15 Å². The molecule has 2 aromatic heterocycles. The Bertz CT molecular complexity index is 384. The number of aromatic nitrogens is 3. The van der Waals surface area contributed by atoms with Crippen LogP contribution in [0.4, 0.5) is 0 Å². The zero-order valence-electron chi connectivity index (χ0n) is 6.89. The molecule has 13 heavy (non-hydrogen) atoms. The van der Waals surface area contributed by atoms with Crippen molar-refractivity contribution in [1.82, 2.24) is 14.8 Å². The second kappa shape index (κ2) is 3.58. The summed E-state index contributed by atoms with van der Waals surface area (Å²) in [6, 6.07) is 5.69. The Hall–Kier alpha value is -1.35. The highest BCUT2D eigenvalue weighted by Gasteiger charge is 2.00. The minimum Gasteiger partial charge on any atom is -0.268 e. The molecule has 0 N–H and O–H groups in total. The molecule has 0 aliphatic rings. The Morgan fingerprint density at radius 3 is 2.92 bits per heavy atom. The summed E-state index contributed by atoms with van der Waals surface area (Å²) in [7, 11) is 0. The highest BCUT2D eigenvalue weighted by molar-refractivity contribution is 6.30. The molecule has 0 bridgehead atoms. The smallest absolute Gasteiger partial charge is 0.134 e. The third-order valence-corrected chi connectivity index (χ3v) is 2.07. The van der Waals surface area contributed by atoms with Crippen LogP contribution in [-0.2, 0) is 6.54 Å². The minimum absolute atomic E-state index is 0.540. The fraction of sp³-hybridized carbons (Fsp3) is 0.111. The van der Waals surface area contributed by atoms with E-state index in [2.05, 4.69) is 10.1 Å². The van der Waals surface area contributed by atoms with Crippen LogP contribution in [0.1, 0.15) is 5.56 Å². The first kappa shape index (κ1) is 8.26. The van der Waals surface area contributed by atoms with Gasteiger partial charge in [0.2, 0.25) is 0 Å². The monoisotopic (exact) mass is 193 g/mol. The summed E-state index contributed by atoms with van der Waals surface area (Å²) in [4.78, 5) is 3.98. The van der Waals surface area contributed by atoms with E-state index in [-0.39, 0.29) is 0 Å². The quantitative estimate of drug-likeness (QED) is 0.683. The molecule has 0 aliphatic carbocycles. The SMILES string of the molecule is Clc1ncccc1Cn1cccn1. The van der Waals surface area contributed by atoms with E-state index in [1.807, 2.05) is 29.1 Å². The molecular formula is C9H8ClN3. The van der Waals surface area contributed by atoms with Gasteiger partial charge in [0, 0.05) is 24.2 Å². The van der Waals surface area contributed by atoms with E-state index in [4.69, 9.17) is 11.6 Å². The first-order valence-corrected chi connectivity index (χ1v) is 4.31. The molecular weight excluding hydrogens is 186 g/mol. The lowest BCUT2D eigenvalue weighted by Gasteiger charge is -2.02. The van der Waals surface area contributed by atoms with Crippen molar-refractivity contribution >= 4 is 11.6 Å². The predicted octanol–water partition coefficient (Wildman–Crippen LogP) is 1.98. The standard InChI is InChI=1S/C9H8ClN3/c10-9-8(3-1-4-11-9)7-13-6-2-5-12-13/h1-6H,7H2. The van der Waals surface area contributed by atoms with Crippen molar-refractivity contribution in [2.75, 3.05) is 0 Å². The van der Waals surface area contributed by atoms with Crippen LogP contribution in [0.5, 0.6) is 0 Å². The Kier molecular flexibility index (Phi) is 2.27.